The number of carbonyl (C=O) groups excluding carboxylic acids is 2. The van der Waals surface area contributed by atoms with E-state index in [1.54, 1.807) is 70.3 Å². The molecule has 2 amide bonds. The van der Waals surface area contributed by atoms with E-state index in [1.165, 1.54) is 42.6 Å². The van der Waals surface area contributed by atoms with Gasteiger partial charge in [-0.25, -0.2) is 18.2 Å². The first-order valence-electron chi connectivity index (χ1n) is 14.0. The quantitative estimate of drug-likeness (QED) is 0.149. The van der Waals surface area contributed by atoms with Crippen molar-refractivity contribution in [2.45, 2.75) is 42.8 Å². The van der Waals surface area contributed by atoms with Crippen LogP contribution in [0, 0.1) is 10.6 Å². The smallest absolute Gasteiger partial charge is 0.412 e. The average molecular weight is 635 g/mol. The monoisotopic (exact) mass is 634 g/mol. The summed E-state index contributed by atoms with van der Waals surface area (Å²) >= 11 is 0. The third-order valence-corrected chi connectivity index (χ3v) is 8.18. The van der Waals surface area contributed by atoms with Crippen LogP contribution in [0.1, 0.15) is 36.8 Å². The Morgan fingerprint density at radius 1 is 0.867 bits per heavy atom. The lowest BCUT2D eigenvalue weighted by Crippen LogP contribution is -2.27. The zero-order valence-electron chi connectivity index (χ0n) is 25.4. The Morgan fingerprint density at radius 2 is 1.53 bits per heavy atom. The fourth-order valence-electron chi connectivity index (χ4n) is 4.11. The molecule has 0 fully saturated rings. The minimum atomic E-state index is -3.40. The molecule has 0 aliphatic rings. The summed E-state index contributed by atoms with van der Waals surface area (Å²) < 4.78 is 51.2. The van der Waals surface area contributed by atoms with E-state index in [0.29, 0.717) is 30.0 Å². The third-order valence-electron chi connectivity index (χ3n) is 6.34. The van der Waals surface area contributed by atoms with E-state index in [-0.39, 0.29) is 39.2 Å². The number of hydrogen-bond acceptors (Lipinski definition) is 8. The summed E-state index contributed by atoms with van der Waals surface area (Å²) in [6.45, 7) is 6.33. The summed E-state index contributed by atoms with van der Waals surface area (Å²) in [5.41, 5.74) is 2.05. The van der Waals surface area contributed by atoms with Crippen LogP contribution in [0.2, 0.25) is 0 Å². The van der Waals surface area contributed by atoms with E-state index in [9.17, 15) is 18.2 Å². The van der Waals surface area contributed by atoms with E-state index in [2.05, 4.69) is 15.6 Å². The number of nitrogens with zero attached hydrogens (tertiary/aromatic N) is 1. The van der Waals surface area contributed by atoms with Crippen LogP contribution < -0.4 is 10.6 Å². The van der Waals surface area contributed by atoms with Crippen LogP contribution in [0.5, 0.6) is 0 Å². The number of pyridine rings is 1. The first-order valence-corrected chi connectivity index (χ1v) is 15.5. The van der Waals surface area contributed by atoms with Crippen LogP contribution in [0.4, 0.5) is 20.6 Å². The lowest BCUT2D eigenvalue weighted by atomic mass is 10.0. The van der Waals surface area contributed by atoms with Gasteiger partial charge in [-0.2, -0.15) is 0 Å². The Kier molecular flexibility index (Phi) is 10.7. The highest BCUT2D eigenvalue weighted by molar-refractivity contribution is 7.92. The molecule has 0 radical (unpaired) electrons. The number of carbonyl (C=O) groups is 2. The number of amides is 2. The highest BCUT2D eigenvalue weighted by Crippen LogP contribution is 2.31. The molecule has 0 aliphatic heterocycles. The van der Waals surface area contributed by atoms with E-state index < -0.39 is 27.3 Å². The van der Waals surface area contributed by atoms with Crippen LogP contribution in [-0.2, 0) is 30.5 Å². The second kappa shape index (κ2) is 14.4. The van der Waals surface area contributed by atoms with Crippen LogP contribution in [0.25, 0.3) is 11.1 Å². The minimum absolute atomic E-state index is 0.204. The normalized spacial score (nSPS) is 12.6. The second-order valence-corrected chi connectivity index (χ2v) is 13.0. The summed E-state index contributed by atoms with van der Waals surface area (Å²) in [5, 5.41) is 5.47. The van der Waals surface area contributed by atoms with Crippen molar-refractivity contribution in [1.82, 2.24) is 4.98 Å². The molecule has 236 valence electrons. The molecular weight excluding hydrogens is 599 g/mol. The van der Waals surface area contributed by atoms with E-state index >= 15 is 0 Å². The number of nitrogens with one attached hydrogen (secondary N) is 3. The first-order chi connectivity index (χ1) is 21.4. The van der Waals surface area contributed by atoms with Crippen molar-refractivity contribution >= 4 is 33.1 Å². The predicted octanol–water partition coefficient (Wildman–Crippen LogP) is 7.11. The van der Waals surface area contributed by atoms with Gasteiger partial charge in [-0.3, -0.25) is 15.1 Å². The summed E-state index contributed by atoms with van der Waals surface area (Å²) in [6, 6.07) is 19.9. The van der Waals surface area contributed by atoms with Crippen LogP contribution in [-0.4, -0.2) is 47.1 Å². The molecule has 0 saturated carbocycles. The molecule has 0 saturated heterocycles. The Hall–Kier alpha value is -4.65. The molecule has 4 aromatic rings. The van der Waals surface area contributed by atoms with Crippen LogP contribution in [0.3, 0.4) is 0 Å². The van der Waals surface area contributed by atoms with E-state index in [1.807, 2.05) is 0 Å². The SMILES string of the molecule is COCCOCc1ccc(S(=N)(=O)c2ccc(C(=O)Nc3cc(-c4ccc(F)cc4)ccc3NC(=O)OC(C)(C)C)cc2)cn1. The lowest BCUT2D eigenvalue weighted by Gasteiger charge is -2.21. The molecular formula is C33H35FN4O6S. The molecule has 3 N–H and O–H groups in total. The number of halogens is 1. The molecule has 4 rings (SSSR count). The maximum atomic E-state index is 13.5. The van der Waals surface area contributed by atoms with Gasteiger partial charge in [0.1, 0.15) is 21.1 Å². The molecule has 0 aliphatic carbocycles. The Labute approximate surface area is 261 Å². The van der Waals surface area contributed by atoms with Crippen molar-refractivity contribution in [3.63, 3.8) is 0 Å². The summed E-state index contributed by atoms with van der Waals surface area (Å²) in [6.07, 6.45) is 0.682. The number of benzene rings is 3. The van der Waals surface area contributed by atoms with Gasteiger partial charge in [-0.05, 0) is 92.6 Å². The van der Waals surface area contributed by atoms with Gasteiger partial charge in [0.05, 0.1) is 46.7 Å². The molecule has 1 atom stereocenters. The second-order valence-electron chi connectivity index (χ2n) is 11.0. The molecule has 12 heteroatoms. The summed E-state index contributed by atoms with van der Waals surface area (Å²) in [5.74, 6) is -0.895. The number of rotatable bonds is 11. The topological polar surface area (TPSA) is 140 Å². The van der Waals surface area contributed by atoms with Crippen molar-refractivity contribution in [1.29, 1.82) is 4.78 Å². The molecule has 3 aromatic carbocycles. The highest BCUT2D eigenvalue weighted by atomic mass is 32.2. The van der Waals surface area contributed by atoms with Gasteiger partial charge in [0, 0.05) is 18.9 Å². The zero-order valence-corrected chi connectivity index (χ0v) is 26.2. The Balaban J connectivity index is 1.53. The predicted molar refractivity (Wildman–Crippen MR) is 169 cm³/mol. The van der Waals surface area contributed by atoms with E-state index in [4.69, 9.17) is 19.0 Å². The van der Waals surface area contributed by atoms with Crippen molar-refractivity contribution in [2.24, 2.45) is 0 Å². The van der Waals surface area contributed by atoms with Gasteiger partial charge in [0.15, 0.2) is 0 Å². The minimum Gasteiger partial charge on any atom is -0.444 e. The maximum absolute atomic E-state index is 13.5. The van der Waals surface area contributed by atoms with Gasteiger partial charge in [0.2, 0.25) is 0 Å². The van der Waals surface area contributed by atoms with Gasteiger partial charge in [-0.15, -0.1) is 0 Å². The zero-order chi connectivity index (χ0) is 32.6. The number of aromatic nitrogens is 1. The summed E-state index contributed by atoms with van der Waals surface area (Å²) in [7, 11) is -1.82. The van der Waals surface area contributed by atoms with E-state index in [0.717, 1.165) is 0 Å². The molecule has 1 aromatic heterocycles. The largest absolute Gasteiger partial charge is 0.444 e. The highest BCUT2D eigenvalue weighted by Gasteiger charge is 2.20. The van der Waals surface area contributed by atoms with Gasteiger partial charge >= 0.3 is 6.09 Å². The van der Waals surface area contributed by atoms with Crippen molar-refractivity contribution < 1.29 is 32.4 Å². The van der Waals surface area contributed by atoms with Gasteiger partial charge in [-0.1, -0.05) is 18.2 Å². The molecule has 0 bridgehead atoms. The van der Waals surface area contributed by atoms with Crippen molar-refractivity contribution in [3.8, 4) is 11.1 Å². The van der Waals surface area contributed by atoms with Crippen LogP contribution >= 0.6 is 0 Å². The van der Waals surface area contributed by atoms with Crippen LogP contribution in [0.15, 0.2) is 94.9 Å². The van der Waals surface area contributed by atoms with Crippen molar-refractivity contribution in [3.05, 3.63) is 102 Å². The number of hydrogen-bond donors (Lipinski definition) is 3. The van der Waals surface area contributed by atoms with Gasteiger partial charge in [0.25, 0.3) is 5.91 Å². The molecule has 1 heterocycles. The summed E-state index contributed by atoms with van der Waals surface area (Å²) in [4.78, 5) is 30.5. The fourth-order valence-corrected chi connectivity index (χ4v) is 5.36. The number of ether oxygens (including phenoxy) is 3. The molecule has 45 heavy (non-hydrogen) atoms. The Morgan fingerprint density at radius 3 is 2.16 bits per heavy atom. The fraction of sp³-hybridized carbons (Fsp3) is 0.242. The number of methoxy groups -OCH3 is 1. The average Bonchev–Trinajstić information content (AvgIpc) is 3.00. The molecule has 1 unspecified atom stereocenters. The lowest BCUT2D eigenvalue weighted by molar-refractivity contribution is 0.0602. The third kappa shape index (κ3) is 9.17. The molecule has 10 nitrogen and oxygen atoms in total. The Bertz CT molecular complexity index is 1740. The molecule has 0 spiro atoms. The standard InChI is InChI=1S/C33H35FN4O6S/c1-33(2,3)44-32(40)38-29-16-9-24(22-5-10-25(34)11-6-22)19-30(29)37-31(39)23-7-13-27(14-8-23)45(35,41)28-15-12-26(36-20-28)21-43-18-17-42-4/h5-16,19-20,35H,17-18,21H2,1-4H3,(H,37,39)(H,38,40). The first kappa shape index (κ1) is 33.2. The number of anilines is 2. The van der Waals surface area contributed by atoms with Gasteiger partial charge < -0.3 is 19.5 Å². The van der Waals surface area contributed by atoms with Crippen molar-refractivity contribution in [2.75, 3.05) is 31.0 Å². The maximum Gasteiger partial charge on any atom is 0.412 e.